The van der Waals surface area contributed by atoms with Gasteiger partial charge < -0.3 is 15.7 Å². The van der Waals surface area contributed by atoms with Crippen LogP contribution in [0.15, 0.2) is 30.3 Å². The molecule has 0 bridgehead atoms. The van der Waals surface area contributed by atoms with E-state index in [0.29, 0.717) is 0 Å². The number of hydrogen-bond donors (Lipinski definition) is 3. The molecular formula is C12H11F3N2O4. The minimum Gasteiger partial charge on any atom is -0.481 e. The summed E-state index contributed by atoms with van der Waals surface area (Å²) < 4.78 is 36.4. The van der Waals surface area contributed by atoms with Crippen LogP contribution in [-0.2, 0) is 14.4 Å². The predicted octanol–water partition coefficient (Wildman–Crippen LogP) is 1.15. The lowest BCUT2D eigenvalue weighted by atomic mass is 10.2. The molecule has 21 heavy (non-hydrogen) atoms. The Hall–Kier alpha value is -2.58. The average molecular weight is 304 g/mol. The number of rotatable bonds is 5. The number of para-hydroxylation sites is 1. The van der Waals surface area contributed by atoms with Crippen LogP contribution in [0.25, 0.3) is 0 Å². The zero-order valence-electron chi connectivity index (χ0n) is 10.5. The maximum atomic E-state index is 12.1. The quantitative estimate of drug-likeness (QED) is 0.760. The van der Waals surface area contributed by atoms with Crippen LogP contribution >= 0.6 is 0 Å². The second-order valence-corrected chi connectivity index (χ2v) is 3.98. The van der Waals surface area contributed by atoms with Gasteiger partial charge in [0.15, 0.2) is 0 Å². The summed E-state index contributed by atoms with van der Waals surface area (Å²) in [5.74, 6) is -4.95. The van der Waals surface area contributed by atoms with Gasteiger partial charge in [0.2, 0.25) is 5.91 Å². The second-order valence-electron chi connectivity index (χ2n) is 3.98. The van der Waals surface area contributed by atoms with E-state index in [1.807, 2.05) is 0 Å². The summed E-state index contributed by atoms with van der Waals surface area (Å²) in [6.45, 7) is 0. The third-order valence-corrected chi connectivity index (χ3v) is 2.30. The molecule has 0 aliphatic carbocycles. The van der Waals surface area contributed by atoms with Gasteiger partial charge in [-0.25, -0.2) is 0 Å². The van der Waals surface area contributed by atoms with E-state index in [1.165, 1.54) is 17.4 Å². The van der Waals surface area contributed by atoms with Crippen LogP contribution in [0.3, 0.4) is 0 Å². The third-order valence-electron chi connectivity index (χ3n) is 2.30. The lowest BCUT2D eigenvalue weighted by Gasteiger charge is -2.17. The average Bonchev–Trinajstić information content (AvgIpc) is 2.37. The SMILES string of the molecule is O=C(O)CC(NC(=O)C(F)(F)F)C(=O)Nc1ccccc1. The fraction of sp³-hybridized carbons (Fsp3) is 0.250. The van der Waals surface area contributed by atoms with Crippen LogP contribution < -0.4 is 10.6 Å². The molecule has 114 valence electrons. The standard InChI is InChI=1S/C12H11F3N2O4/c13-12(14,15)11(21)17-8(6-9(18)19)10(20)16-7-4-2-1-3-5-7/h1-5,8H,6H2,(H,16,20)(H,17,21)(H,18,19). The number of anilines is 1. The molecule has 0 aliphatic heterocycles. The van der Waals surface area contributed by atoms with E-state index in [2.05, 4.69) is 5.32 Å². The van der Waals surface area contributed by atoms with Gasteiger partial charge in [0, 0.05) is 5.69 Å². The first-order chi connectivity index (χ1) is 9.70. The highest BCUT2D eigenvalue weighted by atomic mass is 19.4. The number of benzene rings is 1. The van der Waals surface area contributed by atoms with E-state index in [0.717, 1.165) is 0 Å². The normalized spacial score (nSPS) is 12.3. The minimum absolute atomic E-state index is 0.263. The predicted molar refractivity (Wildman–Crippen MR) is 65.3 cm³/mol. The second kappa shape index (κ2) is 6.73. The van der Waals surface area contributed by atoms with E-state index >= 15 is 0 Å². The van der Waals surface area contributed by atoms with Gasteiger partial charge in [-0.2, -0.15) is 13.2 Å². The zero-order valence-corrected chi connectivity index (χ0v) is 10.5. The van der Waals surface area contributed by atoms with E-state index in [4.69, 9.17) is 5.11 Å². The lowest BCUT2D eigenvalue weighted by Crippen LogP contribution is -2.49. The molecule has 1 unspecified atom stereocenters. The molecule has 0 aromatic heterocycles. The number of hydrogen-bond acceptors (Lipinski definition) is 3. The van der Waals surface area contributed by atoms with Gasteiger partial charge in [-0.05, 0) is 12.1 Å². The molecule has 0 saturated heterocycles. The van der Waals surface area contributed by atoms with Crippen molar-refractivity contribution in [3.05, 3.63) is 30.3 Å². The van der Waals surface area contributed by atoms with Crippen molar-refractivity contribution in [1.29, 1.82) is 0 Å². The van der Waals surface area contributed by atoms with Crippen LogP contribution in [0.5, 0.6) is 0 Å². The number of amides is 2. The van der Waals surface area contributed by atoms with E-state index < -0.39 is 36.4 Å². The van der Waals surface area contributed by atoms with Gasteiger partial charge in [-0.3, -0.25) is 14.4 Å². The van der Waals surface area contributed by atoms with Gasteiger partial charge in [0.25, 0.3) is 0 Å². The fourth-order valence-electron chi connectivity index (χ4n) is 1.37. The fourth-order valence-corrected chi connectivity index (χ4v) is 1.37. The number of aliphatic carboxylic acids is 1. The number of carboxylic acids is 1. The number of halogens is 3. The topological polar surface area (TPSA) is 95.5 Å². The lowest BCUT2D eigenvalue weighted by molar-refractivity contribution is -0.174. The molecule has 1 aromatic rings. The Bertz CT molecular complexity index is 531. The molecule has 1 atom stereocenters. The summed E-state index contributed by atoms with van der Waals surface area (Å²) in [4.78, 5) is 33.1. The first kappa shape index (κ1) is 16.5. The van der Waals surface area contributed by atoms with Crippen LogP contribution in [-0.4, -0.2) is 35.1 Å². The number of alkyl halides is 3. The molecule has 0 spiro atoms. The van der Waals surface area contributed by atoms with Crippen molar-refractivity contribution < 1.29 is 32.7 Å². The molecule has 2 amide bonds. The molecule has 1 aromatic carbocycles. The maximum Gasteiger partial charge on any atom is 0.471 e. The Morgan fingerprint density at radius 1 is 1.14 bits per heavy atom. The van der Waals surface area contributed by atoms with Crippen molar-refractivity contribution in [1.82, 2.24) is 5.32 Å². The molecule has 3 N–H and O–H groups in total. The van der Waals surface area contributed by atoms with E-state index in [9.17, 15) is 27.6 Å². The Kier molecular flexibility index (Phi) is 5.28. The van der Waals surface area contributed by atoms with Crippen LogP contribution in [0.2, 0.25) is 0 Å². The summed E-state index contributed by atoms with van der Waals surface area (Å²) >= 11 is 0. The summed E-state index contributed by atoms with van der Waals surface area (Å²) in [6.07, 6.45) is -6.18. The van der Waals surface area contributed by atoms with Crippen molar-refractivity contribution in [2.45, 2.75) is 18.6 Å². The molecule has 9 heteroatoms. The minimum atomic E-state index is -5.20. The van der Waals surface area contributed by atoms with E-state index in [1.54, 1.807) is 18.2 Å². The molecular weight excluding hydrogens is 293 g/mol. The monoisotopic (exact) mass is 304 g/mol. The Morgan fingerprint density at radius 3 is 2.19 bits per heavy atom. The van der Waals surface area contributed by atoms with Crippen molar-refractivity contribution >= 4 is 23.5 Å². The number of carbonyl (C=O) groups is 3. The highest BCUT2D eigenvalue weighted by molar-refractivity contribution is 5.99. The molecule has 0 heterocycles. The molecule has 0 aliphatic rings. The zero-order chi connectivity index (χ0) is 16.0. The van der Waals surface area contributed by atoms with Gasteiger partial charge >= 0.3 is 18.1 Å². The Balaban J connectivity index is 2.79. The molecule has 0 fully saturated rings. The largest absolute Gasteiger partial charge is 0.481 e. The van der Waals surface area contributed by atoms with Gasteiger partial charge in [-0.15, -0.1) is 0 Å². The van der Waals surface area contributed by atoms with Crippen molar-refractivity contribution in [3.8, 4) is 0 Å². The first-order valence-corrected chi connectivity index (χ1v) is 5.65. The summed E-state index contributed by atoms with van der Waals surface area (Å²) in [6, 6.07) is 5.86. The van der Waals surface area contributed by atoms with Gasteiger partial charge in [0.1, 0.15) is 6.04 Å². The van der Waals surface area contributed by atoms with Crippen molar-refractivity contribution in [2.75, 3.05) is 5.32 Å². The maximum absolute atomic E-state index is 12.1. The Labute approximate surface area is 116 Å². The number of nitrogens with one attached hydrogen (secondary N) is 2. The molecule has 6 nitrogen and oxygen atoms in total. The van der Waals surface area contributed by atoms with Crippen LogP contribution in [0.1, 0.15) is 6.42 Å². The third kappa shape index (κ3) is 5.51. The van der Waals surface area contributed by atoms with Crippen LogP contribution in [0, 0.1) is 0 Å². The van der Waals surface area contributed by atoms with Crippen molar-refractivity contribution in [2.24, 2.45) is 0 Å². The van der Waals surface area contributed by atoms with Crippen molar-refractivity contribution in [3.63, 3.8) is 0 Å². The molecule has 1 rings (SSSR count). The highest BCUT2D eigenvalue weighted by Crippen LogP contribution is 2.15. The number of carbonyl (C=O) groups excluding carboxylic acids is 2. The van der Waals surface area contributed by atoms with Gasteiger partial charge in [0.05, 0.1) is 6.42 Å². The summed E-state index contributed by atoms with van der Waals surface area (Å²) in [5.41, 5.74) is 0.263. The smallest absolute Gasteiger partial charge is 0.471 e. The molecule has 0 saturated carbocycles. The van der Waals surface area contributed by atoms with Crippen LogP contribution in [0.4, 0.5) is 18.9 Å². The highest BCUT2D eigenvalue weighted by Gasteiger charge is 2.41. The molecule has 0 radical (unpaired) electrons. The Morgan fingerprint density at radius 2 is 1.71 bits per heavy atom. The van der Waals surface area contributed by atoms with E-state index in [-0.39, 0.29) is 5.69 Å². The summed E-state index contributed by atoms with van der Waals surface area (Å²) in [5, 5.41) is 12.2. The van der Waals surface area contributed by atoms with Gasteiger partial charge in [-0.1, -0.05) is 18.2 Å². The first-order valence-electron chi connectivity index (χ1n) is 5.65. The summed E-state index contributed by atoms with van der Waals surface area (Å²) in [7, 11) is 0. The number of carboxylic acid groups (broad SMARTS) is 1.